The number of rotatable bonds is 0. The van der Waals surface area contributed by atoms with Crippen LogP contribution in [0.2, 0.25) is 0 Å². The third-order valence-electron chi connectivity index (χ3n) is 4.36. The van der Waals surface area contributed by atoms with Crippen molar-refractivity contribution in [3.63, 3.8) is 0 Å². The van der Waals surface area contributed by atoms with Gasteiger partial charge in [0, 0.05) is 0 Å². The molecule has 0 nitrogen and oxygen atoms in total. The molecule has 2 aromatic carbocycles. The summed E-state index contributed by atoms with van der Waals surface area (Å²) in [6.45, 7) is 17.4. The van der Waals surface area contributed by atoms with E-state index in [2.05, 4.69) is 67.5 Å². The summed E-state index contributed by atoms with van der Waals surface area (Å²) in [5.74, 6) is 0. The second-order valence-corrected chi connectivity index (χ2v) is 5.52. The van der Waals surface area contributed by atoms with E-state index in [9.17, 15) is 0 Å². The van der Waals surface area contributed by atoms with Gasteiger partial charge in [0.2, 0.25) is 0 Å². The first-order valence-corrected chi connectivity index (χ1v) is 6.65. The summed E-state index contributed by atoms with van der Waals surface area (Å²) in [7, 11) is 0. The number of aryl methyl sites for hydroxylation is 4. The van der Waals surface area contributed by atoms with Crippen molar-refractivity contribution in [1.29, 1.82) is 0 Å². The quantitative estimate of drug-likeness (QED) is 0.488. The first-order valence-electron chi connectivity index (χ1n) is 6.65. The van der Waals surface area contributed by atoms with Gasteiger partial charge in [-0.1, -0.05) is 55.4 Å². The molecule has 0 aliphatic heterocycles. The summed E-state index contributed by atoms with van der Waals surface area (Å²) in [5.41, 5.74) is 11.5. The third-order valence-corrected chi connectivity index (χ3v) is 4.36. The van der Waals surface area contributed by atoms with Crippen molar-refractivity contribution in [3.8, 4) is 0 Å². The fourth-order valence-corrected chi connectivity index (χ4v) is 2.27. The molecular weight excluding hydrogens is 336 g/mol. The van der Waals surface area contributed by atoms with Gasteiger partial charge in [0.25, 0.3) is 0 Å². The van der Waals surface area contributed by atoms with Crippen molar-refractivity contribution in [2.24, 2.45) is 0 Å². The van der Waals surface area contributed by atoms with Crippen molar-refractivity contribution in [3.05, 3.63) is 56.6 Å². The van der Waals surface area contributed by atoms with Crippen molar-refractivity contribution < 1.29 is 26.2 Å². The molecule has 0 heterocycles. The molecule has 0 aliphatic rings. The Bertz CT molecular complexity index is 449. The van der Waals surface area contributed by atoms with E-state index >= 15 is 0 Å². The molecule has 2 aromatic rings. The second-order valence-electron chi connectivity index (χ2n) is 5.52. The van der Waals surface area contributed by atoms with Gasteiger partial charge in [-0.25, -0.2) is 0 Å². The minimum atomic E-state index is 0. The molecular formula is C18H29SiZr. The number of hydrogen-bond acceptors (Lipinski definition) is 0. The Morgan fingerprint density at radius 2 is 0.900 bits per heavy atom. The van der Waals surface area contributed by atoms with Gasteiger partial charge in [-0.05, 0) is 11.0 Å². The zero-order valence-electron chi connectivity index (χ0n) is 14.7. The molecule has 0 N–H and O–H groups in total. The van der Waals surface area contributed by atoms with Gasteiger partial charge in [0.15, 0.2) is 0 Å². The summed E-state index contributed by atoms with van der Waals surface area (Å²) in [4.78, 5) is 0. The molecule has 0 atom stereocenters. The summed E-state index contributed by atoms with van der Waals surface area (Å²) < 4.78 is 0. The Labute approximate surface area is 148 Å². The van der Waals surface area contributed by atoms with Crippen LogP contribution in [0.3, 0.4) is 0 Å². The van der Waals surface area contributed by atoms with Gasteiger partial charge in [-0.15, -0.1) is 0 Å². The molecule has 0 bridgehead atoms. The SMILES string of the molecule is Cc1c[c-](C)c(C)c1C.Cc1c[c-](C)c(C)c1C.[SiH3].[Zr+2]. The molecule has 109 valence electrons. The molecule has 0 aromatic heterocycles. The minimum absolute atomic E-state index is 0. The van der Waals surface area contributed by atoms with Crippen LogP contribution in [0.4, 0.5) is 0 Å². The zero-order valence-corrected chi connectivity index (χ0v) is 19.1. The van der Waals surface area contributed by atoms with Gasteiger partial charge in [-0.3, -0.25) is 0 Å². The fourth-order valence-electron chi connectivity index (χ4n) is 2.27. The Morgan fingerprint density at radius 1 is 0.650 bits per heavy atom. The van der Waals surface area contributed by atoms with Crippen molar-refractivity contribution in [2.45, 2.75) is 55.4 Å². The van der Waals surface area contributed by atoms with Crippen LogP contribution in [-0.2, 0) is 26.2 Å². The Kier molecular flexibility index (Phi) is 9.88. The maximum atomic E-state index is 2.24. The predicted octanol–water partition coefficient (Wildman–Crippen LogP) is 4.09. The predicted molar refractivity (Wildman–Crippen MR) is 91.9 cm³/mol. The van der Waals surface area contributed by atoms with Gasteiger partial charge in [0.05, 0.1) is 0 Å². The van der Waals surface area contributed by atoms with Crippen LogP contribution in [0, 0.1) is 55.4 Å². The van der Waals surface area contributed by atoms with Gasteiger partial charge in [0.1, 0.15) is 0 Å². The van der Waals surface area contributed by atoms with Crippen LogP contribution in [-0.4, -0.2) is 11.0 Å². The van der Waals surface area contributed by atoms with Gasteiger partial charge in [-0.2, -0.15) is 56.6 Å². The fraction of sp³-hybridized carbons (Fsp3) is 0.444. The van der Waals surface area contributed by atoms with E-state index in [4.69, 9.17) is 0 Å². The zero-order chi connectivity index (χ0) is 14.0. The van der Waals surface area contributed by atoms with E-state index in [0.717, 1.165) is 0 Å². The first-order chi connectivity index (χ1) is 8.25. The van der Waals surface area contributed by atoms with E-state index in [1.165, 1.54) is 44.5 Å². The second kappa shape index (κ2) is 8.95. The molecule has 1 radical (unpaired) electrons. The molecule has 0 saturated carbocycles. The third kappa shape index (κ3) is 4.97. The maximum absolute atomic E-state index is 2.24. The maximum Gasteiger partial charge on any atom is 2.00 e. The van der Waals surface area contributed by atoms with Crippen LogP contribution < -0.4 is 0 Å². The molecule has 0 unspecified atom stereocenters. The average Bonchev–Trinajstić information content (AvgIpc) is 2.66. The molecule has 0 spiro atoms. The minimum Gasteiger partial charge on any atom is -0.199 e. The van der Waals surface area contributed by atoms with E-state index < -0.39 is 0 Å². The Morgan fingerprint density at radius 3 is 0.950 bits per heavy atom. The van der Waals surface area contributed by atoms with Crippen LogP contribution in [0.1, 0.15) is 44.5 Å². The Balaban J connectivity index is 0. The summed E-state index contributed by atoms with van der Waals surface area (Å²) in [6.07, 6.45) is 0. The van der Waals surface area contributed by atoms with Crippen molar-refractivity contribution in [1.82, 2.24) is 0 Å². The van der Waals surface area contributed by atoms with Gasteiger partial charge < -0.3 is 0 Å². The van der Waals surface area contributed by atoms with Crippen LogP contribution in [0.5, 0.6) is 0 Å². The van der Waals surface area contributed by atoms with E-state index in [1.807, 2.05) is 0 Å². The first kappa shape index (κ1) is 22.1. The van der Waals surface area contributed by atoms with Crippen LogP contribution in [0.15, 0.2) is 12.1 Å². The van der Waals surface area contributed by atoms with Crippen molar-refractivity contribution in [2.75, 3.05) is 0 Å². The summed E-state index contributed by atoms with van der Waals surface area (Å²) in [5, 5.41) is 0. The normalized spacial score (nSPS) is 9.20. The molecule has 20 heavy (non-hydrogen) atoms. The molecule has 0 amide bonds. The monoisotopic (exact) mass is 363 g/mol. The van der Waals surface area contributed by atoms with Crippen LogP contribution >= 0.6 is 0 Å². The Hall–Kier alpha value is -0.200. The molecule has 0 aliphatic carbocycles. The van der Waals surface area contributed by atoms with Gasteiger partial charge >= 0.3 is 26.2 Å². The smallest absolute Gasteiger partial charge is 0.199 e. The molecule has 0 saturated heterocycles. The summed E-state index contributed by atoms with van der Waals surface area (Å²) >= 11 is 0. The largest absolute Gasteiger partial charge is 2.00 e. The van der Waals surface area contributed by atoms with E-state index in [1.54, 1.807) is 0 Å². The van der Waals surface area contributed by atoms with Crippen LogP contribution in [0.25, 0.3) is 0 Å². The average molecular weight is 365 g/mol. The molecule has 0 fully saturated rings. The summed E-state index contributed by atoms with van der Waals surface area (Å²) in [6, 6.07) is 4.48. The molecule has 2 heteroatoms. The van der Waals surface area contributed by atoms with Crippen molar-refractivity contribution >= 4 is 11.0 Å². The van der Waals surface area contributed by atoms with E-state index in [0.29, 0.717) is 0 Å². The van der Waals surface area contributed by atoms with E-state index in [-0.39, 0.29) is 37.2 Å². The number of hydrogen-bond donors (Lipinski definition) is 0. The molecule has 2 rings (SSSR count). The topological polar surface area (TPSA) is 0 Å². The standard InChI is InChI=1S/2C9H13.H3Si.Zr/c2*1-6-5-7(2)9(4)8(6)3;;/h2*5H,1-4H3;1H3;/q2*-1;;+2.